The summed E-state index contributed by atoms with van der Waals surface area (Å²) in [5.74, 6) is 0.240. The fourth-order valence-corrected chi connectivity index (χ4v) is 1.39. The molecule has 1 aromatic carbocycles. The van der Waals surface area contributed by atoms with Gasteiger partial charge in [-0.3, -0.25) is 4.79 Å². The molecule has 0 aromatic heterocycles. The number of Topliss-reactive ketones (excluding diaryl/α,β-unsaturated/α-hetero) is 1. The third kappa shape index (κ3) is 4.75. The highest BCUT2D eigenvalue weighted by molar-refractivity contribution is 5.75. The van der Waals surface area contributed by atoms with E-state index in [1.165, 1.54) is 11.1 Å². The van der Waals surface area contributed by atoms with Gasteiger partial charge in [0.2, 0.25) is 0 Å². The van der Waals surface area contributed by atoms with Crippen molar-refractivity contribution in [2.75, 3.05) is 6.54 Å². The second kappa shape index (κ2) is 6.36. The SMILES string of the molecule is CCc1ccc(CNCCC(C)=O)cc1. The largest absolute Gasteiger partial charge is 0.312 e. The van der Waals surface area contributed by atoms with Crippen molar-refractivity contribution < 1.29 is 4.79 Å². The van der Waals surface area contributed by atoms with Gasteiger partial charge in [0.05, 0.1) is 0 Å². The van der Waals surface area contributed by atoms with E-state index >= 15 is 0 Å². The molecule has 0 saturated heterocycles. The summed E-state index contributed by atoms with van der Waals surface area (Å²) < 4.78 is 0. The van der Waals surface area contributed by atoms with Gasteiger partial charge in [0, 0.05) is 19.5 Å². The number of aryl methyl sites for hydroxylation is 1. The van der Waals surface area contributed by atoms with Crippen LogP contribution < -0.4 is 5.32 Å². The van der Waals surface area contributed by atoms with E-state index in [2.05, 4.69) is 36.5 Å². The quantitative estimate of drug-likeness (QED) is 0.722. The summed E-state index contributed by atoms with van der Waals surface area (Å²) in [6.07, 6.45) is 1.70. The number of carbonyl (C=O) groups is 1. The van der Waals surface area contributed by atoms with Gasteiger partial charge in [0.15, 0.2) is 0 Å². The lowest BCUT2D eigenvalue weighted by Gasteiger charge is -2.04. The van der Waals surface area contributed by atoms with Crippen molar-refractivity contribution in [1.29, 1.82) is 0 Å². The van der Waals surface area contributed by atoms with Crippen LogP contribution in [-0.2, 0) is 17.8 Å². The second-order valence-corrected chi connectivity index (χ2v) is 3.80. The van der Waals surface area contributed by atoms with Crippen LogP contribution in [0.1, 0.15) is 31.4 Å². The molecular formula is C13H19NO. The lowest BCUT2D eigenvalue weighted by atomic mass is 10.1. The summed E-state index contributed by atoms with van der Waals surface area (Å²) in [7, 11) is 0. The molecule has 2 nitrogen and oxygen atoms in total. The first kappa shape index (κ1) is 11.9. The van der Waals surface area contributed by atoms with Crippen molar-refractivity contribution in [3.05, 3.63) is 35.4 Å². The molecule has 0 bridgehead atoms. The molecule has 15 heavy (non-hydrogen) atoms. The van der Waals surface area contributed by atoms with Gasteiger partial charge in [-0.25, -0.2) is 0 Å². The number of nitrogens with one attached hydrogen (secondary N) is 1. The molecule has 1 rings (SSSR count). The normalized spacial score (nSPS) is 10.3. The molecule has 0 saturated carbocycles. The number of rotatable bonds is 6. The Balaban J connectivity index is 2.28. The molecule has 1 aromatic rings. The Kier molecular flexibility index (Phi) is 5.05. The first-order chi connectivity index (χ1) is 7.22. The van der Waals surface area contributed by atoms with Crippen molar-refractivity contribution in [1.82, 2.24) is 5.32 Å². The zero-order valence-corrected chi connectivity index (χ0v) is 9.55. The van der Waals surface area contributed by atoms with Crippen LogP contribution in [0.5, 0.6) is 0 Å². The standard InChI is InChI=1S/C13H19NO/c1-3-12-4-6-13(7-5-12)10-14-9-8-11(2)15/h4-7,14H,3,8-10H2,1-2H3. The van der Waals surface area contributed by atoms with Gasteiger partial charge in [0.1, 0.15) is 5.78 Å². The minimum atomic E-state index is 0.240. The van der Waals surface area contributed by atoms with E-state index in [9.17, 15) is 4.79 Å². The summed E-state index contributed by atoms with van der Waals surface area (Å²) in [5, 5.41) is 3.25. The zero-order valence-electron chi connectivity index (χ0n) is 9.55. The molecule has 0 heterocycles. The number of hydrogen-bond acceptors (Lipinski definition) is 2. The smallest absolute Gasteiger partial charge is 0.131 e. The third-order valence-corrected chi connectivity index (χ3v) is 2.41. The topological polar surface area (TPSA) is 29.1 Å². The summed E-state index contributed by atoms with van der Waals surface area (Å²) in [6.45, 7) is 5.39. The van der Waals surface area contributed by atoms with E-state index in [0.29, 0.717) is 6.42 Å². The molecule has 2 heteroatoms. The van der Waals surface area contributed by atoms with Crippen LogP contribution >= 0.6 is 0 Å². The Bertz CT molecular complexity index is 303. The molecule has 1 N–H and O–H groups in total. The van der Waals surface area contributed by atoms with Crippen LogP contribution in [0, 0.1) is 0 Å². The lowest BCUT2D eigenvalue weighted by Crippen LogP contribution is -2.16. The average molecular weight is 205 g/mol. The van der Waals surface area contributed by atoms with Gasteiger partial charge in [-0.2, -0.15) is 0 Å². The van der Waals surface area contributed by atoms with Crippen molar-refractivity contribution in [3.63, 3.8) is 0 Å². The van der Waals surface area contributed by atoms with Gasteiger partial charge in [-0.15, -0.1) is 0 Å². The fourth-order valence-electron chi connectivity index (χ4n) is 1.39. The number of hydrogen-bond donors (Lipinski definition) is 1. The van der Waals surface area contributed by atoms with E-state index in [4.69, 9.17) is 0 Å². The number of benzene rings is 1. The fraction of sp³-hybridized carbons (Fsp3) is 0.462. The first-order valence-corrected chi connectivity index (χ1v) is 5.50. The van der Waals surface area contributed by atoms with Gasteiger partial charge < -0.3 is 5.32 Å². The van der Waals surface area contributed by atoms with Gasteiger partial charge in [-0.05, 0) is 24.5 Å². The van der Waals surface area contributed by atoms with Crippen molar-refractivity contribution in [3.8, 4) is 0 Å². The summed E-state index contributed by atoms with van der Waals surface area (Å²) in [6, 6.07) is 8.59. The molecule has 0 radical (unpaired) electrons. The molecular weight excluding hydrogens is 186 g/mol. The Morgan fingerprint density at radius 1 is 1.20 bits per heavy atom. The summed E-state index contributed by atoms with van der Waals surface area (Å²) >= 11 is 0. The molecule has 0 amide bonds. The molecule has 0 aliphatic heterocycles. The maximum atomic E-state index is 10.7. The number of carbonyl (C=O) groups excluding carboxylic acids is 1. The van der Waals surface area contributed by atoms with E-state index in [-0.39, 0.29) is 5.78 Å². The molecule has 0 aliphatic carbocycles. The maximum absolute atomic E-state index is 10.7. The van der Waals surface area contributed by atoms with Crippen molar-refractivity contribution in [2.24, 2.45) is 0 Å². The second-order valence-electron chi connectivity index (χ2n) is 3.80. The van der Waals surface area contributed by atoms with Crippen LogP contribution in [-0.4, -0.2) is 12.3 Å². The van der Waals surface area contributed by atoms with Crippen LogP contribution in [0.2, 0.25) is 0 Å². The summed E-state index contributed by atoms with van der Waals surface area (Å²) in [4.78, 5) is 10.7. The highest BCUT2D eigenvalue weighted by Crippen LogP contribution is 2.04. The summed E-state index contributed by atoms with van der Waals surface area (Å²) in [5.41, 5.74) is 2.64. The minimum Gasteiger partial charge on any atom is -0.312 e. The molecule has 0 unspecified atom stereocenters. The van der Waals surface area contributed by atoms with Crippen LogP contribution in [0.3, 0.4) is 0 Å². The Labute approximate surface area is 91.7 Å². The van der Waals surface area contributed by atoms with E-state index in [0.717, 1.165) is 19.5 Å². The predicted octanol–water partition coefficient (Wildman–Crippen LogP) is 2.32. The van der Waals surface area contributed by atoms with Crippen molar-refractivity contribution in [2.45, 2.75) is 33.2 Å². The lowest BCUT2D eigenvalue weighted by molar-refractivity contribution is -0.116. The highest BCUT2D eigenvalue weighted by Gasteiger charge is 1.95. The molecule has 0 spiro atoms. The minimum absolute atomic E-state index is 0.240. The van der Waals surface area contributed by atoms with E-state index in [1.807, 2.05) is 0 Å². The Morgan fingerprint density at radius 2 is 1.80 bits per heavy atom. The van der Waals surface area contributed by atoms with Crippen LogP contribution in [0.15, 0.2) is 24.3 Å². The predicted molar refractivity (Wildman–Crippen MR) is 62.8 cm³/mol. The van der Waals surface area contributed by atoms with Crippen molar-refractivity contribution >= 4 is 5.78 Å². The maximum Gasteiger partial charge on any atom is 0.131 e. The average Bonchev–Trinajstić information content (AvgIpc) is 2.25. The molecule has 82 valence electrons. The van der Waals surface area contributed by atoms with Gasteiger partial charge in [0.25, 0.3) is 0 Å². The van der Waals surface area contributed by atoms with Gasteiger partial charge >= 0.3 is 0 Å². The molecule has 0 aliphatic rings. The van der Waals surface area contributed by atoms with E-state index < -0.39 is 0 Å². The first-order valence-electron chi connectivity index (χ1n) is 5.50. The molecule has 0 fully saturated rings. The zero-order chi connectivity index (χ0) is 11.1. The molecule has 0 atom stereocenters. The van der Waals surface area contributed by atoms with E-state index in [1.54, 1.807) is 6.92 Å². The number of ketones is 1. The van der Waals surface area contributed by atoms with Gasteiger partial charge in [-0.1, -0.05) is 31.2 Å². The highest BCUT2D eigenvalue weighted by atomic mass is 16.1. The Morgan fingerprint density at radius 3 is 2.33 bits per heavy atom. The Hall–Kier alpha value is -1.15. The van der Waals surface area contributed by atoms with Crippen LogP contribution in [0.4, 0.5) is 0 Å². The third-order valence-electron chi connectivity index (χ3n) is 2.41. The monoisotopic (exact) mass is 205 g/mol. The van der Waals surface area contributed by atoms with Crippen LogP contribution in [0.25, 0.3) is 0 Å².